The minimum absolute atomic E-state index is 0.105. The van der Waals surface area contributed by atoms with Crippen LogP contribution in [0.25, 0.3) is 0 Å². The van der Waals surface area contributed by atoms with Gasteiger partial charge < -0.3 is 10.0 Å². The number of carbonyl (C=O) groups excluding carboxylic acids is 1. The molecule has 0 aliphatic carbocycles. The summed E-state index contributed by atoms with van der Waals surface area (Å²) in [6.07, 6.45) is 2.14. The number of sulfone groups is 1. The van der Waals surface area contributed by atoms with Crippen LogP contribution in [0.5, 0.6) is 0 Å². The van der Waals surface area contributed by atoms with Gasteiger partial charge in [-0.25, -0.2) is 8.42 Å². The first-order chi connectivity index (χ1) is 7.73. The van der Waals surface area contributed by atoms with Crippen molar-refractivity contribution in [3.05, 3.63) is 0 Å². The average molecular weight is 263 g/mol. The number of carbonyl (C=O) groups is 2. The number of carboxylic acid groups (broad SMARTS) is 1. The van der Waals surface area contributed by atoms with Crippen molar-refractivity contribution in [3.8, 4) is 0 Å². The van der Waals surface area contributed by atoms with E-state index < -0.39 is 32.9 Å². The molecule has 0 saturated carbocycles. The van der Waals surface area contributed by atoms with Crippen LogP contribution >= 0.6 is 0 Å². The molecule has 0 aromatic carbocycles. The van der Waals surface area contributed by atoms with Gasteiger partial charge >= 0.3 is 5.97 Å². The van der Waals surface area contributed by atoms with Crippen molar-refractivity contribution in [2.24, 2.45) is 5.92 Å². The first-order valence-corrected chi connectivity index (χ1v) is 7.39. The summed E-state index contributed by atoms with van der Waals surface area (Å²) in [5, 5.41) is 7.78. The molecule has 1 N–H and O–H groups in total. The van der Waals surface area contributed by atoms with Crippen molar-refractivity contribution < 1.29 is 23.1 Å². The standard InChI is InChI=1S/C10H17NO5S/c1-7(17(2,15)16)9(12)11-5-3-4-8(6-11)10(13)14/h7-8H,3-6H2,1-2H3,(H,13,14). The Balaban J connectivity index is 2.73. The summed E-state index contributed by atoms with van der Waals surface area (Å²) in [7, 11) is -3.43. The third-order valence-electron chi connectivity index (χ3n) is 3.07. The summed E-state index contributed by atoms with van der Waals surface area (Å²) in [5.41, 5.74) is 0. The van der Waals surface area contributed by atoms with Gasteiger partial charge in [-0.15, -0.1) is 0 Å². The average Bonchev–Trinajstić information content (AvgIpc) is 2.26. The number of aliphatic carboxylic acids is 1. The zero-order valence-electron chi connectivity index (χ0n) is 9.92. The second kappa shape index (κ2) is 5.03. The molecule has 1 saturated heterocycles. The normalized spacial score (nSPS) is 23.2. The SMILES string of the molecule is CC(C(=O)N1CCCC(C(=O)O)C1)S(C)(=O)=O. The highest BCUT2D eigenvalue weighted by Crippen LogP contribution is 2.18. The highest BCUT2D eigenvalue weighted by Gasteiger charge is 2.33. The maximum atomic E-state index is 11.9. The highest BCUT2D eigenvalue weighted by atomic mass is 32.2. The molecule has 0 aromatic rings. The Labute approximate surface area is 101 Å². The highest BCUT2D eigenvalue weighted by molar-refractivity contribution is 7.92. The minimum atomic E-state index is -3.43. The molecular weight excluding hydrogens is 246 g/mol. The summed E-state index contributed by atoms with van der Waals surface area (Å²) >= 11 is 0. The second-order valence-electron chi connectivity index (χ2n) is 4.43. The van der Waals surface area contributed by atoms with Gasteiger partial charge in [-0.3, -0.25) is 9.59 Å². The maximum Gasteiger partial charge on any atom is 0.308 e. The molecule has 0 bridgehead atoms. The fourth-order valence-electron chi connectivity index (χ4n) is 1.82. The molecule has 1 fully saturated rings. The summed E-state index contributed by atoms with van der Waals surface area (Å²) in [5.74, 6) is -2.02. The van der Waals surface area contributed by atoms with E-state index in [4.69, 9.17) is 5.11 Å². The van der Waals surface area contributed by atoms with Crippen LogP contribution < -0.4 is 0 Å². The van der Waals surface area contributed by atoms with Crippen molar-refractivity contribution in [1.29, 1.82) is 0 Å². The molecule has 98 valence electrons. The monoisotopic (exact) mass is 263 g/mol. The Kier molecular flexibility index (Phi) is 4.13. The number of rotatable bonds is 3. The molecule has 1 amide bonds. The van der Waals surface area contributed by atoms with Gasteiger partial charge in [0.25, 0.3) is 0 Å². The van der Waals surface area contributed by atoms with E-state index in [2.05, 4.69) is 0 Å². The lowest BCUT2D eigenvalue weighted by molar-refractivity contribution is -0.145. The van der Waals surface area contributed by atoms with Crippen molar-refractivity contribution in [2.45, 2.75) is 25.0 Å². The number of likely N-dealkylation sites (tertiary alicyclic amines) is 1. The van der Waals surface area contributed by atoms with Crippen LogP contribution in [0, 0.1) is 5.92 Å². The van der Waals surface area contributed by atoms with E-state index in [9.17, 15) is 18.0 Å². The van der Waals surface area contributed by atoms with Gasteiger partial charge in [0.2, 0.25) is 5.91 Å². The topological polar surface area (TPSA) is 91.8 Å². The molecule has 0 spiro atoms. The molecule has 17 heavy (non-hydrogen) atoms. The van der Waals surface area contributed by atoms with E-state index in [-0.39, 0.29) is 6.54 Å². The molecule has 6 nitrogen and oxygen atoms in total. The van der Waals surface area contributed by atoms with E-state index in [1.165, 1.54) is 11.8 Å². The molecule has 1 aliphatic heterocycles. The van der Waals surface area contributed by atoms with Crippen molar-refractivity contribution >= 4 is 21.7 Å². The molecule has 7 heteroatoms. The Morgan fingerprint density at radius 3 is 2.47 bits per heavy atom. The number of nitrogens with zero attached hydrogens (tertiary/aromatic N) is 1. The Morgan fingerprint density at radius 1 is 1.41 bits per heavy atom. The number of carboxylic acids is 1. The molecule has 1 heterocycles. The van der Waals surface area contributed by atoms with E-state index in [0.29, 0.717) is 19.4 Å². The van der Waals surface area contributed by atoms with Crippen LogP contribution in [0.4, 0.5) is 0 Å². The first kappa shape index (κ1) is 14.0. The van der Waals surface area contributed by atoms with Gasteiger partial charge in [0, 0.05) is 19.3 Å². The van der Waals surface area contributed by atoms with Gasteiger partial charge in [0.15, 0.2) is 9.84 Å². The largest absolute Gasteiger partial charge is 0.481 e. The molecule has 0 radical (unpaired) electrons. The lowest BCUT2D eigenvalue weighted by Crippen LogP contribution is -2.47. The van der Waals surface area contributed by atoms with Gasteiger partial charge in [-0.2, -0.15) is 0 Å². The summed E-state index contributed by atoms with van der Waals surface area (Å²) in [6.45, 7) is 1.87. The summed E-state index contributed by atoms with van der Waals surface area (Å²) < 4.78 is 22.5. The van der Waals surface area contributed by atoms with Crippen LogP contribution in [0.3, 0.4) is 0 Å². The lowest BCUT2D eigenvalue weighted by atomic mass is 9.98. The molecular formula is C10H17NO5S. The fourth-order valence-corrected chi connectivity index (χ4v) is 2.33. The Morgan fingerprint density at radius 2 is 2.00 bits per heavy atom. The van der Waals surface area contributed by atoms with Crippen LogP contribution in [0.1, 0.15) is 19.8 Å². The molecule has 2 unspecified atom stereocenters. The number of piperidine rings is 1. The molecule has 2 atom stereocenters. The molecule has 0 aromatic heterocycles. The van der Waals surface area contributed by atoms with Crippen LogP contribution in [-0.2, 0) is 19.4 Å². The summed E-state index contributed by atoms with van der Waals surface area (Å²) in [4.78, 5) is 24.0. The van der Waals surface area contributed by atoms with E-state index >= 15 is 0 Å². The fraction of sp³-hybridized carbons (Fsp3) is 0.800. The lowest BCUT2D eigenvalue weighted by Gasteiger charge is -2.32. The van der Waals surface area contributed by atoms with Crippen molar-refractivity contribution in [3.63, 3.8) is 0 Å². The quantitative estimate of drug-likeness (QED) is 0.757. The third kappa shape index (κ3) is 3.42. The Bertz CT molecular complexity index is 416. The predicted molar refractivity (Wildman–Crippen MR) is 61.2 cm³/mol. The zero-order chi connectivity index (χ0) is 13.2. The zero-order valence-corrected chi connectivity index (χ0v) is 10.7. The van der Waals surface area contributed by atoms with E-state index in [1.807, 2.05) is 0 Å². The van der Waals surface area contributed by atoms with Gasteiger partial charge in [-0.1, -0.05) is 0 Å². The van der Waals surface area contributed by atoms with Gasteiger partial charge in [-0.05, 0) is 19.8 Å². The maximum absolute atomic E-state index is 11.9. The van der Waals surface area contributed by atoms with Gasteiger partial charge in [0.1, 0.15) is 5.25 Å². The number of amides is 1. The van der Waals surface area contributed by atoms with Crippen molar-refractivity contribution in [2.75, 3.05) is 19.3 Å². The summed E-state index contributed by atoms with van der Waals surface area (Å²) in [6, 6.07) is 0. The molecule has 1 aliphatic rings. The smallest absolute Gasteiger partial charge is 0.308 e. The van der Waals surface area contributed by atoms with Crippen molar-refractivity contribution in [1.82, 2.24) is 4.90 Å². The van der Waals surface area contributed by atoms with Gasteiger partial charge in [0.05, 0.1) is 5.92 Å². The first-order valence-electron chi connectivity index (χ1n) is 5.44. The number of hydrogen-bond acceptors (Lipinski definition) is 4. The minimum Gasteiger partial charge on any atom is -0.481 e. The Hall–Kier alpha value is -1.11. The van der Waals surface area contributed by atoms with Crippen LogP contribution in [0.2, 0.25) is 0 Å². The number of hydrogen-bond donors (Lipinski definition) is 1. The predicted octanol–water partition coefficient (Wildman–Crippen LogP) is -0.257. The molecule has 1 rings (SSSR count). The van der Waals surface area contributed by atoms with Crippen LogP contribution in [-0.4, -0.2) is 54.9 Å². The van der Waals surface area contributed by atoms with E-state index in [0.717, 1.165) is 6.26 Å². The second-order valence-corrected chi connectivity index (χ2v) is 6.80. The van der Waals surface area contributed by atoms with E-state index in [1.54, 1.807) is 0 Å². The van der Waals surface area contributed by atoms with Crippen LogP contribution in [0.15, 0.2) is 0 Å². The third-order valence-corrected chi connectivity index (χ3v) is 4.56.